The van der Waals surface area contributed by atoms with Crippen molar-refractivity contribution in [2.24, 2.45) is 5.92 Å². The summed E-state index contributed by atoms with van der Waals surface area (Å²) < 4.78 is 14.4. The van der Waals surface area contributed by atoms with Gasteiger partial charge in [-0.2, -0.15) is 0 Å². The summed E-state index contributed by atoms with van der Waals surface area (Å²) in [5, 5.41) is 13.4. The molecule has 2 atom stereocenters. The molecule has 1 saturated heterocycles. The summed E-state index contributed by atoms with van der Waals surface area (Å²) in [4.78, 5) is 14.5. The molecule has 1 amide bonds. The van der Waals surface area contributed by atoms with Gasteiger partial charge in [-0.15, -0.1) is 0 Å². The van der Waals surface area contributed by atoms with Crippen LogP contribution in [-0.4, -0.2) is 41.1 Å². The number of nitrogens with zero attached hydrogens (tertiary/aromatic N) is 1. The minimum Gasteiger partial charge on any atom is -0.380 e. The zero-order valence-corrected chi connectivity index (χ0v) is 15.2. The summed E-state index contributed by atoms with van der Waals surface area (Å²) in [6.45, 7) is 6.95. The number of hydrogen-bond acceptors (Lipinski definition) is 3. The monoisotopic (exact) mass is 356 g/mol. The molecule has 2 unspecified atom stereocenters. The van der Waals surface area contributed by atoms with E-state index in [1.54, 1.807) is 26.0 Å². The highest BCUT2D eigenvalue weighted by Gasteiger charge is 2.35. The number of aliphatic hydroxyl groups is 1. The van der Waals surface area contributed by atoms with Gasteiger partial charge in [0.25, 0.3) is 5.91 Å². The lowest BCUT2D eigenvalue weighted by Crippen LogP contribution is -2.50. The number of amides is 1. The van der Waals surface area contributed by atoms with Crippen LogP contribution in [0.1, 0.15) is 45.2 Å². The number of likely N-dealkylation sites (tertiary alicyclic amines) is 1. The number of carbonyl (C=O) groups excluding carboxylic acids is 1. The molecule has 24 heavy (non-hydrogen) atoms. The van der Waals surface area contributed by atoms with E-state index >= 15 is 0 Å². The maximum atomic E-state index is 14.4. The molecule has 2 rings (SSSR count). The van der Waals surface area contributed by atoms with Crippen molar-refractivity contribution in [3.8, 4) is 0 Å². The van der Waals surface area contributed by atoms with Crippen molar-refractivity contribution in [3.05, 3.63) is 34.6 Å². The van der Waals surface area contributed by atoms with Crippen molar-refractivity contribution in [1.29, 1.82) is 0 Å². The fraction of sp³-hybridized carbons (Fsp3) is 0.611. The summed E-state index contributed by atoms with van der Waals surface area (Å²) in [6.07, 6.45) is 2.08. The third kappa shape index (κ3) is 4.08. The summed E-state index contributed by atoms with van der Waals surface area (Å²) in [5.74, 6) is -1.04. The molecule has 1 aromatic carbocycles. The van der Waals surface area contributed by atoms with Gasteiger partial charge in [0.2, 0.25) is 0 Å². The summed E-state index contributed by atoms with van der Waals surface area (Å²) >= 11 is 6.23. The Balaban J connectivity index is 2.21. The molecule has 1 aromatic rings. The highest BCUT2D eigenvalue weighted by molar-refractivity contribution is 6.31. The Labute approximate surface area is 148 Å². The van der Waals surface area contributed by atoms with E-state index in [-0.39, 0.29) is 24.3 Å². The van der Waals surface area contributed by atoms with Crippen LogP contribution in [0.4, 0.5) is 4.39 Å². The van der Waals surface area contributed by atoms with E-state index < -0.39 is 11.5 Å². The Bertz CT molecular complexity index is 566. The molecule has 1 fully saturated rings. The Morgan fingerprint density at radius 3 is 2.58 bits per heavy atom. The van der Waals surface area contributed by atoms with E-state index in [1.165, 1.54) is 13.0 Å². The van der Waals surface area contributed by atoms with E-state index in [1.807, 2.05) is 0 Å². The Hall–Kier alpha value is -1.17. The molecule has 0 saturated carbocycles. The Kier molecular flexibility index (Phi) is 6.23. The van der Waals surface area contributed by atoms with Crippen molar-refractivity contribution >= 4 is 17.5 Å². The zero-order valence-electron chi connectivity index (χ0n) is 14.5. The summed E-state index contributed by atoms with van der Waals surface area (Å²) in [5.41, 5.74) is -1.06. The van der Waals surface area contributed by atoms with Gasteiger partial charge in [0.05, 0.1) is 6.04 Å². The third-order valence-corrected chi connectivity index (χ3v) is 5.28. The van der Waals surface area contributed by atoms with Gasteiger partial charge in [-0.25, -0.2) is 4.39 Å². The molecule has 1 aliphatic rings. The number of halogens is 2. The number of carbonyl (C=O) groups is 1. The average molecular weight is 357 g/mol. The third-order valence-electron chi connectivity index (χ3n) is 4.95. The minimum atomic E-state index is -1.46. The lowest BCUT2D eigenvalue weighted by Gasteiger charge is -2.31. The molecule has 2 N–H and O–H groups in total. The van der Waals surface area contributed by atoms with Crippen LogP contribution in [0, 0.1) is 11.7 Å². The van der Waals surface area contributed by atoms with Crippen LogP contribution < -0.4 is 5.32 Å². The second kappa shape index (κ2) is 7.81. The fourth-order valence-electron chi connectivity index (χ4n) is 2.93. The van der Waals surface area contributed by atoms with Gasteiger partial charge in [0.1, 0.15) is 11.4 Å². The van der Waals surface area contributed by atoms with Crippen LogP contribution in [0.5, 0.6) is 0 Å². The smallest absolute Gasteiger partial charge is 0.252 e. The van der Waals surface area contributed by atoms with Gasteiger partial charge in [-0.3, -0.25) is 9.69 Å². The standard InChI is InChI=1S/C18H26ClFN2O2/c1-12(2)18(3,24)17(23)21-11-15(22-9-4-5-10-22)16-13(19)7-6-8-14(16)20/h6-8,12,15,24H,4-5,9-11H2,1-3H3,(H,21,23). The molecule has 0 radical (unpaired) electrons. The number of nitrogens with one attached hydrogen (secondary N) is 1. The number of benzene rings is 1. The van der Waals surface area contributed by atoms with E-state index in [9.17, 15) is 14.3 Å². The summed E-state index contributed by atoms with van der Waals surface area (Å²) in [6, 6.07) is 4.28. The van der Waals surface area contributed by atoms with Crippen LogP contribution in [-0.2, 0) is 4.79 Å². The van der Waals surface area contributed by atoms with Gasteiger partial charge in [0, 0.05) is 17.1 Å². The first-order valence-electron chi connectivity index (χ1n) is 8.43. The van der Waals surface area contributed by atoms with Crippen LogP contribution >= 0.6 is 11.6 Å². The van der Waals surface area contributed by atoms with Crippen molar-refractivity contribution in [3.63, 3.8) is 0 Å². The lowest BCUT2D eigenvalue weighted by atomic mass is 9.91. The van der Waals surface area contributed by atoms with E-state index in [2.05, 4.69) is 10.2 Å². The number of rotatable bonds is 6. The van der Waals surface area contributed by atoms with Crippen LogP contribution in [0.15, 0.2) is 18.2 Å². The van der Waals surface area contributed by atoms with Crippen molar-refractivity contribution in [2.45, 2.75) is 45.3 Å². The highest BCUT2D eigenvalue weighted by Crippen LogP contribution is 2.32. The first-order valence-corrected chi connectivity index (χ1v) is 8.81. The molecule has 4 nitrogen and oxygen atoms in total. The molecule has 0 aliphatic carbocycles. The van der Waals surface area contributed by atoms with Gasteiger partial charge < -0.3 is 10.4 Å². The van der Waals surface area contributed by atoms with Crippen LogP contribution in [0.3, 0.4) is 0 Å². The predicted octanol–water partition coefficient (Wildman–Crippen LogP) is 3.14. The number of hydrogen-bond donors (Lipinski definition) is 2. The van der Waals surface area contributed by atoms with Crippen LogP contribution in [0.25, 0.3) is 0 Å². The predicted molar refractivity (Wildman–Crippen MR) is 93.4 cm³/mol. The molecule has 1 aliphatic heterocycles. The fourth-order valence-corrected chi connectivity index (χ4v) is 3.22. The van der Waals surface area contributed by atoms with Crippen molar-refractivity contribution in [2.75, 3.05) is 19.6 Å². The highest BCUT2D eigenvalue weighted by atomic mass is 35.5. The zero-order chi connectivity index (χ0) is 17.9. The van der Waals surface area contributed by atoms with Gasteiger partial charge in [-0.05, 0) is 50.9 Å². The molecule has 0 bridgehead atoms. The molecule has 0 spiro atoms. The van der Waals surface area contributed by atoms with Gasteiger partial charge >= 0.3 is 0 Å². The first kappa shape index (κ1) is 19.2. The molecule has 6 heteroatoms. The topological polar surface area (TPSA) is 52.6 Å². The molecule has 0 aromatic heterocycles. The van der Waals surface area contributed by atoms with Crippen molar-refractivity contribution < 1.29 is 14.3 Å². The van der Waals surface area contributed by atoms with Gasteiger partial charge in [-0.1, -0.05) is 31.5 Å². The Morgan fingerprint density at radius 2 is 2.04 bits per heavy atom. The first-order chi connectivity index (χ1) is 11.2. The normalized spacial score (nSPS) is 19.3. The maximum Gasteiger partial charge on any atom is 0.252 e. The van der Waals surface area contributed by atoms with E-state index in [0.717, 1.165) is 25.9 Å². The molecular weight excluding hydrogens is 331 g/mol. The quantitative estimate of drug-likeness (QED) is 0.823. The average Bonchev–Trinajstić information content (AvgIpc) is 3.03. The molecule has 1 heterocycles. The van der Waals surface area contributed by atoms with E-state index in [4.69, 9.17) is 11.6 Å². The summed E-state index contributed by atoms with van der Waals surface area (Å²) in [7, 11) is 0. The van der Waals surface area contributed by atoms with Crippen molar-refractivity contribution in [1.82, 2.24) is 10.2 Å². The molecular formula is C18H26ClFN2O2. The largest absolute Gasteiger partial charge is 0.380 e. The molecule has 134 valence electrons. The van der Waals surface area contributed by atoms with Gasteiger partial charge in [0.15, 0.2) is 0 Å². The minimum absolute atomic E-state index is 0.211. The maximum absolute atomic E-state index is 14.4. The van der Waals surface area contributed by atoms with E-state index in [0.29, 0.717) is 10.6 Å². The second-order valence-electron chi connectivity index (χ2n) is 6.91. The second-order valence-corrected chi connectivity index (χ2v) is 7.31. The van der Waals surface area contributed by atoms with Crippen LogP contribution in [0.2, 0.25) is 5.02 Å². The Morgan fingerprint density at radius 1 is 1.42 bits per heavy atom. The SMILES string of the molecule is CC(C)C(C)(O)C(=O)NCC(c1c(F)cccc1Cl)N1CCCC1. The lowest BCUT2D eigenvalue weighted by molar-refractivity contribution is -0.142.